The van der Waals surface area contributed by atoms with E-state index in [4.69, 9.17) is 0 Å². The molecule has 0 amide bonds. The van der Waals surface area contributed by atoms with Gasteiger partial charge in [0.05, 0.1) is 22.3 Å². The van der Waals surface area contributed by atoms with E-state index in [1.807, 2.05) is 24.3 Å². The predicted molar refractivity (Wildman–Crippen MR) is 76.6 cm³/mol. The van der Waals surface area contributed by atoms with Crippen LogP contribution in [0.3, 0.4) is 0 Å². The molecule has 2 heterocycles. The van der Waals surface area contributed by atoms with Crippen LogP contribution in [-0.4, -0.2) is 30.3 Å². The van der Waals surface area contributed by atoms with Crippen molar-refractivity contribution in [1.82, 2.24) is 25.4 Å². The molecule has 8 heteroatoms. The first-order valence-corrected chi connectivity index (χ1v) is 6.07. The van der Waals surface area contributed by atoms with Crippen LogP contribution in [-0.2, 0) is 0 Å². The van der Waals surface area contributed by atoms with Crippen molar-refractivity contribution in [3.8, 4) is 0 Å². The van der Waals surface area contributed by atoms with E-state index in [1.54, 1.807) is 6.07 Å². The van der Waals surface area contributed by atoms with Gasteiger partial charge in [0.1, 0.15) is 11.0 Å². The number of non-ortho nitro benzene ring substituents is 1. The minimum Gasteiger partial charge on any atom is -0.344 e. The molecule has 0 fully saturated rings. The number of fused-ring (bicyclic) bond motifs is 2. The third kappa shape index (κ3) is 2.68. The van der Waals surface area contributed by atoms with E-state index in [1.165, 1.54) is 18.5 Å². The summed E-state index contributed by atoms with van der Waals surface area (Å²) < 4.78 is 0. The number of H-pyrrole nitrogens is 2. The lowest BCUT2D eigenvalue weighted by atomic mass is 10.3. The molecule has 0 saturated heterocycles. The number of nitro groups is 1. The van der Waals surface area contributed by atoms with Gasteiger partial charge in [0.15, 0.2) is 0 Å². The molecule has 2 aromatic heterocycles. The number of imidazole rings is 1. The molecule has 0 aliphatic heterocycles. The molecule has 0 bridgehead atoms. The summed E-state index contributed by atoms with van der Waals surface area (Å²) in [5.74, 6) is 0. The van der Waals surface area contributed by atoms with Gasteiger partial charge in [0.2, 0.25) is 0 Å². The number of hydrogen-bond donors (Lipinski definition) is 2. The molecular formula is C13H10N6O2. The number of aromatic amines is 2. The molecule has 21 heavy (non-hydrogen) atoms. The van der Waals surface area contributed by atoms with Crippen molar-refractivity contribution in [3.05, 3.63) is 58.9 Å². The van der Waals surface area contributed by atoms with Crippen LogP contribution in [0.15, 0.2) is 48.8 Å². The van der Waals surface area contributed by atoms with Crippen LogP contribution in [0.4, 0.5) is 5.69 Å². The van der Waals surface area contributed by atoms with Gasteiger partial charge in [0.25, 0.3) is 5.69 Å². The highest BCUT2D eigenvalue weighted by atomic mass is 16.6. The van der Waals surface area contributed by atoms with Gasteiger partial charge in [-0.25, -0.2) is 4.98 Å². The Morgan fingerprint density at radius 2 is 1.71 bits per heavy atom. The summed E-state index contributed by atoms with van der Waals surface area (Å²) in [6.45, 7) is 0. The molecule has 2 N–H and O–H groups in total. The van der Waals surface area contributed by atoms with Crippen molar-refractivity contribution in [2.45, 2.75) is 0 Å². The largest absolute Gasteiger partial charge is 0.344 e. The van der Waals surface area contributed by atoms with E-state index < -0.39 is 4.92 Å². The Bertz CT molecular complexity index is 867. The normalized spacial score (nSPS) is 10.3. The van der Waals surface area contributed by atoms with Crippen molar-refractivity contribution in [2.75, 3.05) is 0 Å². The lowest BCUT2D eigenvalue weighted by molar-refractivity contribution is -0.384. The number of nitrogens with zero attached hydrogens (tertiary/aromatic N) is 4. The Hall–Kier alpha value is -3.29. The van der Waals surface area contributed by atoms with Gasteiger partial charge in [-0.2, -0.15) is 15.4 Å². The summed E-state index contributed by atoms with van der Waals surface area (Å²) in [6, 6.07) is 12.2. The number of hydrogen-bond acceptors (Lipinski definition) is 5. The van der Waals surface area contributed by atoms with Gasteiger partial charge < -0.3 is 4.98 Å². The molecule has 0 radical (unpaired) electrons. The molecule has 4 rings (SSSR count). The quantitative estimate of drug-likeness (QED) is 0.411. The molecule has 0 unspecified atom stereocenters. The summed E-state index contributed by atoms with van der Waals surface area (Å²) in [4.78, 5) is 16.6. The van der Waals surface area contributed by atoms with Crippen molar-refractivity contribution in [2.24, 2.45) is 0 Å². The first kappa shape index (κ1) is 12.7. The summed E-state index contributed by atoms with van der Waals surface area (Å²) in [5.41, 5.74) is 3.33. The van der Waals surface area contributed by atoms with Crippen LogP contribution in [0.2, 0.25) is 0 Å². The summed E-state index contributed by atoms with van der Waals surface area (Å²) in [6.07, 6.45) is 1.51. The van der Waals surface area contributed by atoms with Gasteiger partial charge >= 0.3 is 0 Å². The molecule has 104 valence electrons. The monoisotopic (exact) mass is 282 g/mol. The van der Waals surface area contributed by atoms with Crippen LogP contribution < -0.4 is 0 Å². The van der Waals surface area contributed by atoms with Gasteiger partial charge in [-0.3, -0.25) is 10.1 Å². The molecule has 0 aliphatic rings. The topological polar surface area (TPSA) is 113 Å². The fourth-order valence-electron chi connectivity index (χ4n) is 1.82. The maximum absolute atomic E-state index is 10.3. The average Bonchev–Trinajstić information content (AvgIpc) is 3.15. The molecular weight excluding hydrogens is 272 g/mol. The average molecular weight is 282 g/mol. The summed E-state index contributed by atoms with van der Waals surface area (Å²) in [7, 11) is 0. The van der Waals surface area contributed by atoms with Crippen LogP contribution in [0.1, 0.15) is 0 Å². The zero-order chi connectivity index (χ0) is 14.7. The van der Waals surface area contributed by atoms with Crippen LogP contribution in [0.5, 0.6) is 0 Å². The van der Waals surface area contributed by atoms with Crippen molar-refractivity contribution in [3.63, 3.8) is 0 Å². The van der Waals surface area contributed by atoms with E-state index in [0.29, 0.717) is 5.52 Å². The van der Waals surface area contributed by atoms with E-state index in [0.717, 1.165) is 16.6 Å². The fourth-order valence-corrected chi connectivity index (χ4v) is 1.82. The molecule has 2 aromatic carbocycles. The van der Waals surface area contributed by atoms with Gasteiger partial charge in [-0.15, -0.1) is 0 Å². The highest BCUT2D eigenvalue weighted by Gasteiger charge is 2.06. The fraction of sp³-hybridized carbons (Fsp3) is 0. The number of nitro benzene ring substituents is 1. The van der Waals surface area contributed by atoms with Crippen molar-refractivity contribution < 1.29 is 4.92 Å². The van der Waals surface area contributed by atoms with E-state index in [9.17, 15) is 10.1 Å². The van der Waals surface area contributed by atoms with E-state index in [-0.39, 0.29) is 5.69 Å². The molecule has 8 nitrogen and oxygen atoms in total. The third-order valence-electron chi connectivity index (χ3n) is 2.84. The smallest absolute Gasteiger partial charge is 0.271 e. The maximum atomic E-state index is 10.3. The second kappa shape index (κ2) is 5.37. The van der Waals surface area contributed by atoms with Gasteiger partial charge in [0, 0.05) is 12.1 Å². The lowest BCUT2D eigenvalue weighted by Gasteiger charge is -1.89. The Balaban J connectivity index is 0.000000131. The van der Waals surface area contributed by atoms with Crippen LogP contribution in [0.25, 0.3) is 22.1 Å². The van der Waals surface area contributed by atoms with E-state index in [2.05, 4.69) is 25.4 Å². The number of nitrogens with one attached hydrogen (secondary N) is 2. The number of aromatic nitrogens is 5. The molecule has 4 aromatic rings. The molecule has 0 aliphatic carbocycles. The second-order valence-corrected chi connectivity index (χ2v) is 4.17. The predicted octanol–water partition coefficient (Wildman–Crippen LogP) is 2.43. The third-order valence-corrected chi connectivity index (χ3v) is 2.84. The summed E-state index contributed by atoms with van der Waals surface area (Å²) >= 11 is 0. The van der Waals surface area contributed by atoms with Crippen LogP contribution in [0, 0.1) is 10.1 Å². The van der Waals surface area contributed by atoms with E-state index >= 15 is 0 Å². The second-order valence-electron chi connectivity index (χ2n) is 4.17. The Morgan fingerprint density at radius 1 is 1.00 bits per heavy atom. The van der Waals surface area contributed by atoms with Crippen molar-refractivity contribution >= 4 is 27.8 Å². The first-order valence-electron chi connectivity index (χ1n) is 6.07. The minimum absolute atomic E-state index is 0.0757. The van der Waals surface area contributed by atoms with Crippen LogP contribution >= 0.6 is 0 Å². The Labute approximate surface area is 118 Å². The SMILES string of the molecule is O=[N+]([O-])c1ccc2nc[nH]c2c1.c1ccc2n[nH]nc2c1. The minimum atomic E-state index is -0.430. The highest BCUT2D eigenvalue weighted by Crippen LogP contribution is 2.16. The zero-order valence-electron chi connectivity index (χ0n) is 10.7. The standard InChI is InChI=1S/C7H5N3O2.C6H5N3/c11-10(12)5-1-2-6-7(3-5)9-4-8-6;1-2-4-6-5(3-1)7-9-8-6/h1-4H,(H,8,9);1-4H,(H,7,8,9). The summed E-state index contributed by atoms with van der Waals surface area (Å²) in [5, 5.41) is 20.6. The van der Waals surface area contributed by atoms with Crippen molar-refractivity contribution in [1.29, 1.82) is 0 Å². The zero-order valence-corrected chi connectivity index (χ0v) is 10.7. The Kier molecular flexibility index (Phi) is 3.26. The van der Waals surface area contributed by atoms with Gasteiger partial charge in [-0.1, -0.05) is 12.1 Å². The Morgan fingerprint density at radius 3 is 2.38 bits per heavy atom. The number of rotatable bonds is 1. The lowest BCUT2D eigenvalue weighted by Crippen LogP contribution is -1.86. The number of para-hydroxylation sites is 2. The molecule has 0 spiro atoms. The maximum Gasteiger partial charge on any atom is 0.271 e. The van der Waals surface area contributed by atoms with Gasteiger partial charge in [-0.05, 0) is 18.2 Å². The first-order chi connectivity index (χ1) is 10.2. The number of benzene rings is 2. The molecule has 0 saturated carbocycles. The highest BCUT2D eigenvalue weighted by molar-refractivity contribution is 5.77. The molecule has 0 atom stereocenters.